The van der Waals surface area contributed by atoms with Crippen LogP contribution in [0.3, 0.4) is 0 Å². The van der Waals surface area contributed by atoms with E-state index >= 15 is 0 Å². The van der Waals surface area contributed by atoms with Crippen molar-refractivity contribution < 1.29 is 18.7 Å². The van der Waals surface area contributed by atoms with E-state index in [1.54, 1.807) is 11.6 Å². The molecule has 0 spiro atoms. The predicted octanol–water partition coefficient (Wildman–Crippen LogP) is 1.51. The molecule has 18 heavy (non-hydrogen) atoms. The lowest BCUT2D eigenvalue weighted by molar-refractivity contribution is 0.0681. The second kappa shape index (κ2) is 4.47. The van der Waals surface area contributed by atoms with E-state index in [1.165, 1.54) is 12.5 Å². The minimum Gasteiger partial charge on any atom is -0.478 e. The fourth-order valence-electron chi connectivity index (χ4n) is 1.42. The predicted molar refractivity (Wildman–Crippen MR) is 56.2 cm³/mol. The van der Waals surface area contributed by atoms with Crippen molar-refractivity contribution in [1.29, 1.82) is 0 Å². The smallest absolute Gasteiger partial charge is 0.339 e. The van der Waals surface area contributed by atoms with Crippen LogP contribution in [0.15, 0.2) is 18.7 Å². The van der Waals surface area contributed by atoms with Crippen molar-refractivity contribution in [3.8, 4) is 11.5 Å². The Morgan fingerprint density at radius 3 is 2.67 bits per heavy atom. The van der Waals surface area contributed by atoms with Gasteiger partial charge < -0.3 is 9.67 Å². The van der Waals surface area contributed by atoms with E-state index in [9.17, 15) is 13.6 Å². The molecule has 94 valence electrons. The van der Waals surface area contributed by atoms with Crippen molar-refractivity contribution in [3.63, 3.8) is 0 Å². The first kappa shape index (κ1) is 12.1. The number of hydrogen-bond acceptors (Lipinski definition) is 4. The molecule has 0 bridgehead atoms. The lowest BCUT2D eigenvalue weighted by atomic mass is 10.2. The molecular formula is C10H8F2N4O2. The highest BCUT2D eigenvalue weighted by Gasteiger charge is 2.22. The molecule has 2 heterocycles. The van der Waals surface area contributed by atoms with Gasteiger partial charge in [-0.3, -0.25) is 0 Å². The Bertz CT molecular complexity index is 597. The van der Waals surface area contributed by atoms with Gasteiger partial charge in [0.05, 0.1) is 12.5 Å². The number of aromatic carboxylic acids is 1. The van der Waals surface area contributed by atoms with Crippen molar-refractivity contribution in [2.45, 2.75) is 6.43 Å². The highest BCUT2D eigenvalue weighted by molar-refractivity contribution is 5.88. The summed E-state index contributed by atoms with van der Waals surface area (Å²) in [5, 5.41) is 8.76. The maximum atomic E-state index is 12.7. The van der Waals surface area contributed by atoms with Crippen molar-refractivity contribution in [3.05, 3.63) is 30.0 Å². The van der Waals surface area contributed by atoms with Gasteiger partial charge in [0.2, 0.25) is 0 Å². The fourth-order valence-corrected chi connectivity index (χ4v) is 1.42. The number of carbonyl (C=O) groups is 1. The molecule has 2 rings (SSSR count). The molecule has 1 N–H and O–H groups in total. The number of carboxylic acid groups (broad SMARTS) is 1. The van der Waals surface area contributed by atoms with E-state index in [1.807, 2.05) is 0 Å². The monoisotopic (exact) mass is 254 g/mol. The minimum atomic E-state index is -2.98. The molecule has 8 heteroatoms. The molecule has 0 amide bonds. The van der Waals surface area contributed by atoms with Gasteiger partial charge in [-0.15, -0.1) is 0 Å². The molecule has 0 fully saturated rings. The summed E-state index contributed by atoms with van der Waals surface area (Å²) >= 11 is 0. The standard InChI is InChI=1S/C10H8F2N4O2/c1-16-4-13-3-6(16)9-14-2-5(10(17)18)7(15-9)8(11)12/h2-4,8H,1H3,(H,17,18). The summed E-state index contributed by atoms with van der Waals surface area (Å²) in [6.07, 6.45) is 0.766. The Morgan fingerprint density at radius 1 is 1.44 bits per heavy atom. The molecule has 2 aromatic rings. The van der Waals surface area contributed by atoms with Crippen molar-refractivity contribution >= 4 is 5.97 Å². The van der Waals surface area contributed by atoms with Crippen molar-refractivity contribution in [1.82, 2.24) is 19.5 Å². The summed E-state index contributed by atoms with van der Waals surface area (Å²) in [4.78, 5) is 21.9. The van der Waals surface area contributed by atoms with Gasteiger partial charge in [-0.1, -0.05) is 0 Å². The summed E-state index contributed by atoms with van der Waals surface area (Å²) in [5.41, 5.74) is -0.974. The van der Waals surface area contributed by atoms with Gasteiger partial charge in [-0.2, -0.15) is 0 Å². The van der Waals surface area contributed by atoms with Gasteiger partial charge in [0, 0.05) is 13.2 Å². The van der Waals surface area contributed by atoms with Crippen molar-refractivity contribution in [2.75, 3.05) is 0 Å². The number of hydrogen-bond donors (Lipinski definition) is 1. The van der Waals surface area contributed by atoms with Crippen LogP contribution in [0.1, 0.15) is 22.5 Å². The zero-order valence-electron chi connectivity index (χ0n) is 9.21. The SMILES string of the molecule is Cn1cncc1-c1ncc(C(=O)O)c(C(F)F)n1. The topological polar surface area (TPSA) is 80.9 Å². The van der Waals surface area contributed by atoms with Crippen LogP contribution in [-0.2, 0) is 7.05 Å². The van der Waals surface area contributed by atoms with E-state index in [0.29, 0.717) is 5.69 Å². The van der Waals surface area contributed by atoms with Crippen LogP contribution in [0.25, 0.3) is 11.5 Å². The number of imidazole rings is 1. The Morgan fingerprint density at radius 2 is 2.17 bits per heavy atom. The molecule has 0 atom stereocenters. The van der Waals surface area contributed by atoms with E-state index in [4.69, 9.17) is 5.11 Å². The highest BCUT2D eigenvalue weighted by Crippen LogP contribution is 2.23. The molecule has 0 aliphatic carbocycles. The summed E-state index contributed by atoms with van der Waals surface area (Å²) in [7, 11) is 1.65. The van der Waals surface area contributed by atoms with Crippen LogP contribution >= 0.6 is 0 Å². The van der Waals surface area contributed by atoms with Crippen LogP contribution in [0.5, 0.6) is 0 Å². The number of halogens is 2. The first-order valence-corrected chi connectivity index (χ1v) is 4.85. The van der Waals surface area contributed by atoms with Crippen LogP contribution in [0.2, 0.25) is 0 Å². The van der Waals surface area contributed by atoms with Gasteiger partial charge in [0.15, 0.2) is 5.82 Å². The van der Waals surface area contributed by atoms with Gasteiger partial charge in [-0.05, 0) is 0 Å². The fraction of sp³-hybridized carbons (Fsp3) is 0.200. The average Bonchev–Trinajstić information content (AvgIpc) is 2.74. The molecule has 6 nitrogen and oxygen atoms in total. The molecule has 0 radical (unpaired) electrons. The Labute approximate surface area is 99.9 Å². The Kier molecular flexibility index (Phi) is 3.00. The number of alkyl halides is 2. The third-order valence-corrected chi connectivity index (χ3v) is 2.30. The molecule has 0 saturated heterocycles. The average molecular weight is 254 g/mol. The van der Waals surface area contributed by atoms with Gasteiger partial charge in [-0.25, -0.2) is 28.5 Å². The molecule has 0 unspecified atom stereocenters. The second-order valence-electron chi connectivity index (χ2n) is 3.49. The van der Waals surface area contributed by atoms with Gasteiger partial charge in [0.25, 0.3) is 6.43 Å². The minimum absolute atomic E-state index is 0.00954. The zero-order valence-corrected chi connectivity index (χ0v) is 9.21. The second-order valence-corrected chi connectivity index (χ2v) is 3.49. The third-order valence-electron chi connectivity index (χ3n) is 2.30. The number of aromatic nitrogens is 4. The summed E-state index contributed by atoms with van der Waals surface area (Å²) in [6, 6.07) is 0. The van der Waals surface area contributed by atoms with E-state index in [-0.39, 0.29) is 5.82 Å². The normalized spacial score (nSPS) is 10.9. The molecule has 0 saturated carbocycles. The number of nitrogens with zero attached hydrogens (tertiary/aromatic N) is 4. The van der Waals surface area contributed by atoms with Crippen molar-refractivity contribution in [2.24, 2.45) is 7.05 Å². The van der Waals surface area contributed by atoms with Gasteiger partial charge in [0.1, 0.15) is 17.0 Å². The van der Waals surface area contributed by atoms with Crippen LogP contribution in [0.4, 0.5) is 8.78 Å². The molecule has 2 aromatic heterocycles. The lowest BCUT2D eigenvalue weighted by Gasteiger charge is -2.06. The van der Waals surface area contributed by atoms with Crippen LogP contribution in [0, 0.1) is 0 Å². The van der Waals surface area contributed by atoms with E-state index < -0.39 is 23.7 Å². The highest BCUT2D eigenvalue weighted by atomic mass is 19.3. The summed E-state index contributed by atoms with van der Waals surface area (Å²) < 4.78 is 27.0. The Balaban J connectivity index is 2.57. The molecular weight excluding hydrogens is 246 g/mol. The molecule has 0 aliphatic heterocycles. The maximum absolute atomic E-state index is 12.7. The van der Waals surface area contributed by atoms with Crippen LogP contribution < -0.4 is 0 Å². The quantitative estimate of drug-likeness (QED) is 0.897. The Hall–Kier alpha value is -2.38. The van der Waals surface area contributed by atoms with E-state index in [0.717, 1.165) is 6.20 Å². The zero-order chi connectivity index (χ0) is 13.3. The van der Waals surface area contributed by atoms with Crippen LogP contribution in [-0.4, -0.2) is 30.6 Å². The van der Waals surface area contributed by atoms with E-state index in [2.05, 4.69) is 15.0 Å². The number of rotatable bonds is 3. The number of aryl methyl sites for hydroxylation is 1. The molecule has 0 aromatic carbocycles. The lowest BCUT2D eigenvalue weighted by Crippen LogP contribution is -2.08. The maximum Gasteiger partial charge on any atom is 0.339 e. The summed E-state index contributed by atoms with van der Waals surface area (Å²) in [5.74, 6) is -1.47. The largest absolute Gasteiger partial charge is 0.478 e. The third kappa shape index (κ3) is 2.04. The number of carboxylic acids is 1. The first-order chi connectivity index (χ1) is 8.50. The molecule has 0 aliphatic rings. The summed E-state index contributed by atoms with van der Waals surface area (Å²) in [6.45, 7) is 0. The van der Waals surface area contributed by atoms with Gasteiger partial charge >= 0.3 is 5.97 Å². The first-order valence-electron chi connectivity index (χ1n) is 4.85.